The minimum absolute atomic E-state index is 0.516. The van der Waals surface area contributed by atoms with Crippen molar-refractivity contribution in [2.45, 2.75) is 465 Å². The Morgan fingerprint density at radius 1 is 0.144 bits per heavy atom. The van der Waals surface area contributed by atoms with Crippen LogP contribution in [-0.4, -0.2) is 39.6 Å². The molecule has 4 rings (SSSR count). The molecule has 3 aromatic rings. The van der Waals surface area contributed by atoms with Crippen molar-refractivity contribution in [1.29, 1.82) is 0 Å². The van der Waals surface area contributed by atoms with Gasteiger partial charge in [0.1, 0.15) is 0 Å². The fourth-order valence-corrected chi connectivity index (χ4v) is 14.7. The van der Waals surface area contributed by atoms with Crippen LogP contribution in [0.4, 0.5) is 0 Å². The van der Waals surface area contributed by atoms with Crippen LogP contribution in [0.15, 0.2) is 36.4 Å². The Hall–Kier alpha value is -10.1. The smallest absolute Gasteiger partial charge is 0.162 e. The molecule has 0 aromatic heterocycles. The fraction of sp³-hybridized carbons (Fsp3) is 0.619. The summed E-state index contributed by atoms with van der Waals surface area (Å²) in [5, 5.41) is 0. The third-order valence-corrected chi connectivity index (χ3v) is 22.8. The van der Waals surface area contributed by atoms with Crippen LogP contribution in [0.3, 0.4) is 0 Å². The van der Waals surface area contributed by atoms with Crippen molar-refractivity contribution in [2.75, 3.05) is 39.6 Å². The molecule has 0 atom stereocenters. The summed E-state index contributed by atoms with van der Waals surface area (Å²) in [6.45, 7) is 16.6. The lowest BCUT2D eigenvalue weighted by molar-refractivity contribution is 0.258. The van der Waals surface area contributed by atoms with Crippen molar-refractivity contribution in [3.8, 4) is 212 Å². The molecular weight excluding hydrogens is 1610 g/mol. The maximum atomic E-state index is 6.85. The van der Waals surface area contributed by atoms with E-state index in [1.807, 2.05) is 36.4 Å². The van der Waals surface area contributed by atoms with E-state index >= 15 is 0 Å². The molecule has 0 amide bonds. The zero-order chi connectivity index (χ0) is 93.5. The molecule has 0 bridgehead atoms. The first kappa shape index (κ1) is 114. The van der Waals surface area contributed by atoms with Gasteiger partial charge in [-0.25, -0.2) is 0 Å². The van der Waals surface area contributed by atoms with Crippen LogP contribution in [0.1, 0.15) is 499 Å². The monoisotopic (exact) mass is 1780 g/mol. The summed E-state index contributed by atoms with van der Waals surface area (Å²) in [4.78, 5) is 0. The van der Waals surface area contributed by atoms with Crippen molar-refractivity contribution in [3.63, 3.8) is 0 Å². The SMILES string of the molecule is CCCCCCC#CC#CCCCCCCCOc1cc2c(cc1OCCCCCCC#CC#CCCCCCCC)C#Cc1cc(OCCCCCCCC#CC#CCCCCCC)c(OCCCCCCC#CC#CCCCCCCC)cc1C#Cc1cc(OCCCCCCCC#CC#CCCCCCC)c(OCCCCCCC#CC#CCCCCCCC)cc1C#C2. The maximum absolute atomic E-state index is 6.85. The van der Waals surface area contributed by atoms with E-state index in [-0.39, 0.29) is 0 Å². The van der Waals surface area contributed by atoms with E-state index in [0.717, 1.165) is 289 Å². The van der Waals surface area contributed by atoms with Crippen molar-refractivity contribution >= 4 is 0 Å². The first-order valence-electron chi connectivity index (χ1n) is 53.2. The summed E-state index contributed by atoms with van der Waals surface area (Å²) >= 11 is 0. The number of fused-ring (bicyclic) bond motifs is 3. The van der Waals surface area contributed by atoms with Gasteiger partial charge < -0.3 is 28.4 Å². The zero-order valence-corrected chi connectivity index (χ0v) is 83.8. The highest BCUT2D eigenvalue weighted by atomic mass is 16.5. The van der Waals surface area contributed by atoms with Crippen molar-refractivity contribution in [3.05, 3.63) is 69.8 Å². The molecule has 0 N–H and O–H groups in total. The molecule has 0 aliphatic heterocycles. The summed E-state index contributed by atoms with van der Waals surface area (Å²) in [6.07, 6.45) is 71.6. The minimum atomic E-state index is 0.516. The third-order valence-electron chi connectivity index (χ3n) is 22.8. The standard InChI is InChI=1S/C126H168O6/c1-7-13-19-25-31-37-43-49-55-61-67-73-79-85-91-103-127-121-109-115-97-98-117-111-123(129-105-93-87-81-75-69-63-57-51-45-39-33-27-21-15-9-3)125(131-107-95-89-83-77-71-65-59-53-47-41-35-29-23-17-11-5)113-119(117)101-102-120-114-126(132-108-96-90-84-78-72-66-60-54-48-42-36-30-24-18-12-6)124(130-106-94-88-82-76-70-64-58-52-46-40-34-28-22-16-10-4)112-118(120)100-99-116(115)110-122(121)128-104-92-86-80-74-68-62-56-50-44-38-32-26-20-14-8-2/h109-114H,7-37,40-41,62-63,66-96,103-108H2,1-6H3. The number of rotatable bonds is 72. The highest BCUT2D eigenvalue weighted by molar-refractivity contribution is 5.68. The largest absolute Gasteiger partial charge is 0.490 e. The Bertz CT molecular complexity index is 4160. The molecule has 708 valence electrons. The van der Waals surface area contributed by atoms with E-state index in [1.165, 1.54) is 135 Å². The molecule has 132 heavy (non-hydrogen) atoms. The summed E-state index contributed by atoms with van der Waals surface area (Å²) in [5.41, 5.74) is 4.29. The summed E-state index contributed by atoms with van der Waals surface area (Å²) in [7, 11) is 0. The topological polar surface area (TPSA) is 55.4 Å². The molecular formula is C126H168O6. The van der Waals surface area contributed by atoms with Crippen LogP contribution in [0.2, 0.25) is 0 Å². The van der Waals surface area contributed by atoms with Crippen LogP contribution >= 0.6 is 0 Å². The van der Waals surface area contributed by atoms with Crippen LogP contribution in [0, 0.1) is 178 Å². The third kappa shape index (κ3) is 65.4. The number of hydrogen-bond donors (Lipinski definition) is 0. The minimum Gasteiger partial charge on any atom is -0.490 e. The number of benzene rings is 3. The van der Waals surface area contributed by atoms with Gasteiger partial charge in [-0.2, -0.15) is 0 Å². The molecule has 0 spiro atoms. The van der Waals surface area contributed by atoms with E-state index < -0.39 is 0 Å². The average molecular weight is 1780 g/mol. The first-order chi connectivity index (χ1) is 65.5. The van der Waals surface area contributed by atoms with Crippen LogP contribution in [-0.2, 0) is 0 Å². The molecule has 1 aliphatic carbocycles. The second-order valence-corrected chi connectivity index (χ2v) is 35.0. The summed E-state index contributed by atoms with van der Waals surface area (Å²) in [5.74, 6) is 102. The molecule has 0 fully saturated rings. The first-order valence-corrected chi connectivity index (χ1v) is 53.2. The van der Waals surface area contributed by atoms with E-state index in [9.17, 15) is 0 Å². The highest BCUT2D eigenvalue weighted by Crippen LogP contribution is 2.37. The van der Waals surface area contributed by atoms with Crippen molar-refractivity contribution < 1.29 is 28.4 Å². The molecule has 0 unspecified atom stereocenters. The van der Waals surface area contributed by atoms with Crippen molar-refractivity contribution in [1.82, 2.24) is 0 Å². The van der Waals surface area contributed by atoms with Gasteiger partial charge >= 0.3 is 0 Å². The Labute approximate surface area is 810 Å². The van der Waals surface area contributed by atoms with E-state index in [4.69, 9.17) is 28.4 Å². The second-order valence-electron chi connectivity index (χ2n) is 35.0. The normalized spacial score (nSPS) is 10.1. The Morgan fingerprint density at radius 3 is 0.379 bits per heavy atom. The molecule has 0 radical (unpaired) electrons. The van der Waals surface area contributed by atoms with Gasteiger partial charge in [0, 0.05) is 147 Å². The van der Waals surface area contributed by atoms with Crippen LogP contribution in [0.5, 0.6) is 34.5 Å². The lowest BCUT2D eigenvalue weighted by Gasteiger charge is -2.16. The van der Waals surface area contributed by atoms with Gasteiger partial charge in [-0.3, -0.25) is 0 Å². The molecule has 3 aromatic carbocycles. The van der Waals surface area contributed by atoms with Crippen molar-refractivity contribution in [2.24, 2.45) is 0 Å². The van der Waals surface area contributed by atoms with E-state index in [1.54, 1.807) is 0 Å². The van der Waals surface area contributed by atoms with E-state index in [2.05, 4.69) is 219 Å². The number of hydrogen-bond acceptors (Lipinski definition) is 6. The van der Waals surface area contributed by atoms with Crippen LogP contribution in [0.25, 0.3) is 0 Å². The number of unbranched alkanes of at least 4 members (excludes halogenated alkanes) is 54. The van der Waals surface area contributed by atoms with Crippen LogP contribution < -0.4 is 28.4 Å². The average Bonchev–Trinajstić information content (AvgIpc) is 0.796. The van der Waals surface area contributed by atoms with Gasteiger partial charge in [-0.05, 0) is 187 Å². The maximum Gasteiger partial charge on any atom is 0.162 e. The van der Waals surface area contributed by atoms with Gasteiger partial charge in [0.05, 0.1) is 39.6 Å². The molecule has 0 heterocycles. The van der Waals surface area contributed by atoms with Gasteiger partial charge in [-0.15, -0.1) is 0 Å². The Kier molecular flexibility index (Phi) is 76.8. The zero-order valence-electron chi connectivity index (χ0n) is 83.8. The van der Waals surface area contributed by atoms with Gasteiger partial charge in [-0.1, -0.05) is 379 Å². The van der Waals surface area contributed by atoms with Gasteiger partial charge in [0.15, 0.2) is 34.5 Å². The molecule has 6 heteroatoms. The predicted octanol–water partition coefficient (Wildman–Crippen LogP) is 32.4. The lowest BCUT2D eigenvalue weighted by atomic mass is 10.0. The Balaban J connectivity index is 1.81. The Morgan fingerprint density at radius 2 is 0.250 bits per heavy atom. The summed E-state index contributed by atoms with van der Waals surface area (Å²) < 4.78 is 41.1. The highest BCUT2D eigenvalue weighted by Gasteiger charge is 2.18. The fourth-order valence-electron chi connectivity index (χ4n) is 14.7. The second kappa shape index (κ2) is 88.8. The molecule has 0 saturated carbocycles. The van der Waals surface area contributed by atoms with E-state index in [0.29, 0.717) is 108 Å². The molecule has 6 nitrogen and oxygen atoms in total. The van der Waals surface area contributed by atoms with Gasteiger partial charge in [0.2, 0.25) is 0 Å². The van der Waals surface area contributed by atoms with Gasteiger partial charge in [0.25, 0.3) is 0 Å². The quantitative estimate of drug-likeness (QED) is 0.0324. The number of ether oxygens (including phenoxy) is 6. The predicted molar refractivity (Wildman–Crippen MR) is 562 cm³/mol. The lowest BCUT2D eigenvalue weighted by Crippen LogP contribution is -2.05. The summed E-state index contributed by atoms with van der Waals surface area (Å²) in [6, 6.07) is 12.2. The molecule has 0 saturated heterocycles. The molecule has 1 aliphatic rings.